The second kappa shape index (κ2) is 8.25. The number of rotatable bonds is 5. The standard InChI is InChI=1S/C22H21N5O2S/c28-22(25-14-16-5-7-26-8-6-23-21(26)13-16)19-3-2-18(30-19)17-1-4-20(24-15-17)27-9-11-29-12-10-27/h1-8,13,15H,9-12,14H2,(H,25,28). The number of morpholine rings is 1. The number of ether oxygens (including phenoxy) is 1. The number of anilines is 1. The van der Waals surface area contributed by atoms with Gasteiger partial charge in [-0.15, -0.1) is 11.3 Å². The van der Waals surface area contributed by atoms with Crippen LogP contribution in [0, 0.1) is 0 Å². The van der Waals surface area contributed by atoms with Crippen LogP contribution in [-0.2, 0) is 11.3 Å². The largest absolute Gasteiger partial charge is 0.378 e. The molecule has 0 saturated carbocycles. The first-order chi connectivity index (χ1) is 14.8. The first-order valence-corrected chi connectivity index (χ1v) is 10.7. The zero-order chi connectivity index (χ0) is 20.3. The van der Waals surface area contributed by atoms with E-state index in [1.165, 1.54) is 11.3 Å². The maximum atomic E-state index is 12.6. The molecule has 0 aliphatic carbocycles. The molecule has 1 N–H and O–H groups in total. The van der Waals surface area contributed by atoms with Gasteiger partial charge in [0, 0.05) is 54.9 Å². The lowest BCUT2D eigenvalue weighted by Gasteiger charge is -2.27. The Kier molecular flexibility index (Phi) is 5.17. The van der Waals surface area contributed by atoms with E-state index in [-0.39, 0.29) is 5.91 Å². The lowest BCUT2D eigenvalue weighted by atomic mass is 10.2. The minimum Gasteiger partial charge on any atom is -0.378 e. The van der Waals surface area contributed by atoms with Crippen LogP contribution in [0.25, 0.3) is 16.1 Å². The van der Waals surface area contributed by atoms with Gasteiger partial charge in [0.1, 0.15) is 11.5 Å². The van der Waals surface area contributed by atoms with Crippen molar-refractivity contribution in [2.24, 2.45) is 0 Å². The molecule has 1 amide bonds. The topological polar surface area (TPSA) is 71.8 Å². The Morgan fingerprint density at radius 1 is 1.10 bits per heavy atom. The van der Waals surface area contributed by atoms with Crippen molar-refractivity contribution in [3.8, 4) is 10.4 Å². The summed E-state index contributed by atoms with van der Waals surface area (Å²) in [6.45, 7) is 3.67. The summed E-state index contributed by atoms with van der Waals surface area (Å²) in [6.07, 6.45) is 7.47. The summed E-state index contributed by atoms with van der Waals surface area (Å²) in [5, 5.41) is 2.99. The zero-order valence-electron chi connectivity index (χ0n) is 16.3. The van der Waals surface area contributed by atoms with E-state index in [1.54, 1.807) is 6.20 Å². The summed E-state index contributed by atoms with van der Waals surface area (Å²) in [4.78, 5) is 25.4. The molecule has 1 fully saturated rings. The number of thiophene rings is 1. The van der Waals surface area contributed by atoms with Gasteiger partial charge in [0.05, 0.1) is 18.1 Å². The van der Waals surface area contributed by atoms with E-state index in [0.717, 1.165) is 53.8 Å². The first kappa shape index (κ1) is 18.8. The lowest BCUT2D eigenvalue weighted by molar-refractivity contribution is 0.0955. The first-order valence-electron chi connectivity index (χ1n) is 9.85. The molecule has 7 nitrogen and oxygen atoms in total. The minimum absolute atomic E-state index is 0.0765. The second-order valence-electron chi connectivity index (χ2n) is 7.08. The maximum absolute atomic E-state index is 12.6. The van der Waals surface area contributed by atoms with E-state index in [4.69, 9.17) is 4.74 Å². The maximum Gasteiger partial charge on any atom is 0.261 e. The Bertz CT molecular complexity index is 1160. The van der Waals surface area contributed by atoms with Gasteiger partial charge in [-0.05, 0) is 42.0 Å². The van der Waals surface area contributed by atoms with Gasteiger partial charge in [-0.2, -0.15) is 0 Å². The molecule has 4 aromatic rings. The van der Waals surface area contributed by atoms with Crippen LogP contribution < -0.4 is 10.2 Å². The summed E-state index contributed by atoms with van der Waals surface area (Å²) in [5.41, 5.74) is 2.90. The molecule has 0 unspecified atom stereocenters. The number of nitrogens with zero attached hydrogens (tertiary/aromatic N) is 4. The fraction of sp³-hybridized carbons (Fsp3) is 0.227. The number of hydrogen-bond donors (Lipinski definition) is 1. The van der Waals surface area contributed by atoms with Crippen LogP contribution in [0.15, 0.2) is 61.2 Å². The van der Waals surface area contributed by atoms with Crippen LogP contribution in [0.1, 0.15) is 15.2 Å². The van der Waals surface area contributed by atoms with Gasteiger partial charge in [-0.1, -0.05) is 0 Å². The Morgan fingerprint density at radius 2 is 2.00 bits per heavy atom. The number of amides is 1. The van der Waals surface area contributed by atoms with Crippen LogP contribution in [-0.4, -0.2) is 46.6 Å². The van der Waals surface area contributed by atoms with Gasteiger partial charge in [-0.3, -0.25) is 4.79 Å². The van der Waals surface area contributed by atoms with Gasteiger partial charge in [0.2, 0.25) is 0 Å². The number of carbonyl (C=O) groups is 1. The predicted octanol–water partition coefficient (Wildman–Crippen LogP) is 3.22. The molecule has 1 aliphatic rings. The SMILES string of the molecule is O=C(NCc1ccn2ccnc2c1)c1ccc(-c2ccc(N3CCOCC3)nc2)s1. The second-order valence-corrected chi connectivity index (χ2v) is 8.16. The molecule has 0 radical (unpaired) electrons. The number of carbonyl (C=O) groups excluding carboxylic acids is 1. The van der Waals surface area contributed by atoms with Gasteiger partial charge in [0.15, 0.2) is 0 Å². The molecule has 0 atom stereocenters. The van der Waals surface area contributed by atoms with Crippen LogP contribution >= 0.6 is 11.3 Å². The Morgan fingerprint density at radius 3 is 2.83 bits per heavy atom. The average molecular weight is 420 g/mol. The van der Waals surface area contributed by atoms with E-state index in [9.17, 15) is 4.79 Å². The van der Waals surface area contributed by atoms with Crippen LogP contribution in [0.3, 0.4) is 0 Å². The molecular weight excluding hydrogens is 398 g/mol. The third kappa shape index (κ3) is 3.92. The van der Waals surface area contributed by atoms with Crippen LogP contribution in [0.2, 0.25) is 0 Å². The third-order valence-electron chi connectivity index (χ3n) is 5.11. The van der Waals surface area contributed by atoms with E-state index in [0.29, 0.717) is 11.4 Å². The fourth-order valence-electron chi connectivity index (χ4n) is 3.46. The minimum atomic E-state index is -0.0765. The van der Waals surface area contributed by atoms with Crippen molar-refractivity contribution in [2.45, 2.75) is 6.54 Å². The molecular formula is C22H21N5O2S. The molecule has 4 aromatic heterocycles. The zero-order valence-corrected chi connectivity index (χ0v) is 17.1. The third-order valence-corrected chi connectivity index (χ3v) is 6.25. The van der Waals surface area contributed by atoms with Gasteiger partial charge >= 0.3 is 0 Å². The normalized spacial score (nSPS) is 14.2. The molecule has 0 aromatic carbocycles. The number of nitrogens with one attached hydrogen (secondary N) is 1. The summed E-state index contributed by atoms with van der Waals surface area (Å²) >= 11 is 1.47. The molecule has 1 saturated heterocycles. The van der Waals surface area contributed by atoms with Gasteiger partial charge in [-0.25, -0.2) is 9.97 Å². The molecule has 152 valence electrons. The van der Waals surface area contributed by atoms with Gasteiger partial charge < -0.3 is 19.4 Å². The number of fused-ring (bicyclic) bond motifs is 1. The predicted molar refractivity (Wildman–Crippen MR) is 117 cm³/mol. The van der Waals surface area contributed by atoms with Crippen molar-refractivity contribution < 1.29 is 9.53 Å². The molecule has 8 heteroatoms. The lowest BCUT2D eigenvalue weighted by Crippen LogP contribution is -2.36. The molecule has 5 heterocycles. The van der Waals surface area contributed by atoms with Crippen molar-refractivity contribution in [2.75, 3.05) is 31.2 Å². The summed E-state index contributed by atoms with van der Waals surface area (Å²) < 4.78 is 7.33. The Hall–Kier alpha value is -3.23. The number of hydrogen-bond acceptors (Lipinski definition) is 6. The fourth-order valence-corrected chi connectivity index (χ4v) is 4.37. The van der Waals surface area contributed by atoms with Crippen molar-refractivity contribution in [1.82, 2.24) is 19.7 Å². The number of imidazole rings is 1. The Balaban J connectivity index is 1.23. The van der Waals surface area contributed by atoms with Crippen molar-refractivity contribution in [1.29, 1.82) is 0 Å². The number of aromatic nitrogens is 3. The van der Waals surface area contributed by atoms with Gasteiger partial charge in [0.25, 0.3) is 5.91 Å². The number of pyridine rings is 2. The highest BCUT2D eigenvalue weighted by Crippen LogP contribution is 2.28. The summed E-state index contributed by atoms with van der Waals surface area (Å²) in [6, 6.07) is 11.9. The van der Waals surface area contributed by atoms with Crippen molar-refractivity contribution >= 4 is 28.7 Å². The highest BCUT2D eigenvalue weighted by atomic mass is 32.1. The van der Waals surface area contributed by atoms with E-state index in [1.807, 2.05) is 53.3 Å². The Labute approximate surface area is 178 Å². The molecule has 1 aliphatic heterocycles. The van der Waals surface area contributed by atoms with E-state index in [2.05, 4.69) is 26.3 Å². The van der Waals surface area contributed by atoms with E-state index < -0.39 is 0 Å². The van der Waals surface area contributed by atoms with E-state index >= 15 is 0 Å². The monoisotopic (exact) mass is 419 g/mol. The van der Waals surface area contributed by atoms with Crippen molar-refractivity contribution in [3.63, 3.8) is 0 Å². The molecule has 5 rings (SSSR count). The summed E-state index contributed by atoms with van der Waals surface area (Å²) in [5.74, 6) is 0.887. The molecule has 30 heavy (non-hydrogen) atoms. The highest BCUT2D eigenvalue weighted by molar-refractivity contribution is 7.17. The van der Waals surface area contributed by atoms with Crippen LogP contribution in [0.5, 0.6) is 0 Å². The molecule has 0 bridgehead atoms. The van der Waals surface area contributed by atoms with Crippen LogP contribution in [0.4, 0.5) is 5.82 Å². The summed E-state index contributed by atoms with van der Waals surface area (Å²) in [7, 11) is 0. The van der Waals surface area contributed by atoms with Crippen molar-refractivity contribution in [3.05, 3.63) is 71.6 Å². The smallest absolute Gasteiger partial charge is 0.261 e. The highest BCUT2D eigenvalue weighted by Gasteiger charge is 2.14. The quantitative estimate of drug-likeness (QED) is 0.538. The molecule has 0 spiro atoms. The average Bonchev–Trinajstić information content (AvgIpc) is 3.48.